The summed E-state index contributed by atoms with van der Waals surface area (Å²) in [5.74, 6) is -2.75. The molecule has 52 heavy (non-hydrogen) atoms. The summed E-state index contributed by atoms with van der Waals surface area (Å²) in [6.07, 6.45) is -2.91. The monoisotopic (exact) mass is 866 g/mol. The second-order valence-corrected chi connectivity index (χ2v) is 18.8. The molecule has 0 unspecified atom stereocenters. The number of alkyl halides is 1. The summed E-state index contributed by atoms with van der Waals surface area (Å²) in [6.45, 7) is 14.6. The van der Waals surface area contributed by atoms with Crippen LogP contribution in [0, 0.1) is 24.7 Å². The van der Waals surface area contributed by atoms with Crippen molar-refractivity contribution >= 4 is 51.7 Å². The molecule has 6 N–H and O–H groups in total. The minimum Gasteiger partial charge on any atom is -0.448 e. The van der Waals surface area contributed by atoms with E-state index in [9.17, 15) is 30.3 Å². The summed E-state index contributed by atoms with van der Waals surface area (Å²) in [6, 6.07) is 17.0. The Morgan fingerprint density at radius 1 is 0.962 bits per heavy atom. The summed E-state index contributed by atoms with van der Waals surface area (Å²) >= 11 is 5.46. The number of esters is 1. The van der Waals surface area contributed by atoms with E-state index in [0.717, 1.165) is 6.42 Å². The van der Waals surface area contributed by atoms with Crippen molar-refractivity contribution in [2.24, 2.45) is 17.8 Å². The van der Waals surface area contributed by atoms with Crippen LogP contribution in [0.3, 0.4) is 0 Å². The molecule has 3 heterocycles. The summed E-state index contributed by atoms with van der Waals surface area (Å²) in [5, 5.41) is 60.2. The molecule has 2 aliphatic heterocycles. The molecule has 0 spiro atoms. The fourth-order valence-corrected chi connectivity index (χ4v) is 10.7. The number of aliphatic hydroxyl groups is 5. The van der Waals surface area contributed by atoms with Gasteiger partial charge in [0.2, 0.25) is 0 Å². The Bertz CT molecular complexity index is 1700. The Morgan fingerprint density at radius 2 is 1.67 bits per heavy atom. The van der Waals surface area contributed by atoms with Gasteiger partial charge in [0.1, 0.15) is 11.7 Å². The highest BCUT2D eigenvalue weighted by Gasteiger charge is 2.47. The number of fused-ring (bicyclic) bond motifs is 5. The third-order valence-corrected chi connectivity index (χ3v) is 14.7. The van der Waals surface area contributed by atoms with Gasteiger partial charge in [-0.15, -0.1) is 11.3 Å². The largest absolute Gasteiger partial charge is 0.448 e. The van der Waals surface area contributed by atoms with Crippen LogP contribution in [0.15, 0.2) is 58.3 Å². The number of hydrogen-bond donors (Lipinski definition) is 6. The first-order valence-corrected chi connectivity index (χ1v) is 21.1. The number of cyclic esters (lactones) is 1. The maximum atomic E-state index is 13.0. The van der Waals surface area contributed by atoms with Crippen molar-refractivity contribution in [2.75, 3.05) is 19.6 Å². The second-order valence-electron chi connectivity index (χ2n) is 15.5. The number of halogens is 1. The summed E-state index contributed by atoms with van der Waals surface area (Å²) in [7, 11) is 0. The van der Waals surface area contributed by atoms with Crippen molar-refractivity contribution in [1.29, 1.82) is 0 Å². The predicted molar refractivity (Wildman–Crippen MR) is 217 cm³/mol. The molecule has 2 aliphatic rings. The van der Waals surface area contributed by atoms with E-state index in [0.29, 0.717) is 26.2 Å². The number of thiophene rings is 1. The number of aryl methyl sites for hydroxylation is 1. The highest BCUT2D eigenvalue weighted by molar-refractivity contribution is 14.1. The van der Waals surface area contributed by atoms with Gasteiger partial charge in [0.15, 0.2) is 4.11 Å². The van der Waals surface area contributed by atoms with Crippen LogP contribution in [0.25, 0.3) is 21.6 Å². The number of carbonyl (C=O) groups excluding carboxylic acids is 1. The Labute approximate surface area is 330 Å². The molecule has 0 radical (unpaired) electrons. The molecule has 1 aromatic heterocycles. The van der Waals surface area contributed by atoms with Crippen LogP contribution in [0.5, 0.6) is 0 Å². The molecule has 5 rings (SSSR count). The van der Waals surface area contributed by atoms with Crippen LogP contribution in [0.2, 0.25) is 0 Å². The number of aliphatic hydroxyl groups excluding tert-OH is 3. The van der Waals surface area contributed by atoms with Crippen LogP contribution in [0.4, 0.5) is 0 Å². The molecule has 286 valence electrons. The lowest BCUT2D eigenvalue weighted by Crippen LogP contribution is -2.58. The highest BCUT2D eigenvalue weighted by Crippen LogP contribution is 2.51. The molecule has 0 amide bonds. The highest BCUT2D eigenvalue weighted by atomic mass is 127. The zero-order valence-electron chi connectivity index (χ0n) is 31.2. The average molecular weight is 867 g/mol. The average Bonchev–Trinajstić information content (AvgIpc) is 3.46. The van der Waals surface area contributed by atoms with Crippen molar-refractivity contribution in [2.45, 2.75) is 117 Å². The van der Waals surface area contributed by atoms with Gasteiger partial charge in [0, 0.05) is 55.7 Å². The molecule has 12 heteroatoms. The zero-order chi connectivity index (χ0) is 38.1. The maximum Gasteiger partial charge on any atom is 0.312 e. The SMILES string of the molecule is Cc1ccc2c(c1)Sc1ccccc1-c1cc(CNCCCN3C[C@H](C)C[C@@](C)(O)[C@H](O)[C@@H](C)[C@H](O)[C@@H](C)C(=O)O[C@H](I)[C@@](C)(O)[C@H](O)[C@H]3C)sc1-2. The van der Waals surface area contributed by atoms with Gasteiger partial charge in [0.05, 0.1) is 23.7 Å². The smallest absolute Gasteiger partial charge is 0.312 e. The van der Waals surface area contributed by atoms with E-state index in [2.05, 4.69) is 65.7 Å². The van der Waals surface area contributed by atoms with Gasteiger partial charge < -0.3 is 35.6 Å². The van der Waals surface area contributed by atoms with Crippen molar-refractivity contribution < 1.29 is 35.1 Å². The van der Waals surface area contributed by atoms with Gasteiger partial charge in [0.25, 0.3) is 0 Å². The van der Waals surface area contributed by atoms with E-state index in [4.69, 9.17) is 4.74 Å². The number of hydrogen-bond acceptors (Lipinski definition) is 11. The van der Waals surface area contributed by atoms with Crippen LogP contribution in [-0.4, -0.2) is 95.7 Å². The fourth-order valence-electron chi connectivity index (χ4n) is 7.60. The molecule has 0 bridgehead atoms. The van der Waals surface area contributed by atoms with E-state index in [1.807, 2.05) is 59.5 Å². The van der Waals surface area contributed by atoms with E-state index in [1.54, 1.807) is 13.8 Å². The summed E-state index contributed by atoms with van der Waals surface area (Å²) in [5.41, 5.74) is 1.67. The molecule has 1 fully saturated rings. The van der Waals surface area contributed by atoms with Gasteiger partial charge in [-0.2, -0.15) is 0 Å². The van der Waals surface area contributed by atoms with Crippen LogP contribution in [-0.2, 0) is 16.1 Å². The second kappa shape index (κ2) is 17.1. The van der Waals surface area contributed by atoms with Crippen molar-refractivity contribution in [3.63, 3.8) is 0 Å². The zero-order valence-corrected chi connectivity index (χ0v) is 35.0. The normalized spacial score (nSPS) is 33.5. The molecule has 9 nitrogen and oxygen atoms in total. The van der Waals surface area contributed by atoms with Crippen molar-refractivity contribution in [3.8, 4) is 21.6 Å². The predicted octanol–water partition coefficient (Wildman–Crippen LogP) is 6.23. The minimum atomic E-state index is -1.80. The number of benzene rings is 2. The van der Waals surface area contributed by atoms with Gasteiger partial charge >= 0.3 is 5.97 Å². The first-order chi connectivity index (χ1) is 24.4. The molecule has 0 aliphatic carbocycles. The van der Waals surface area contributed by atoms with Gasteiger partial charge in [-0.05, 0) is 118 Å². The van der Waals surface area contributed by atoms with Crippen LogP contribution < -0.4 is 5.32 Å². The lowest BCUT2D eigenvalue weighted by molar-refractivity contribution is -0.176. The molecule has 0 saturated carbocycles. The molecule has 1 saturated heterocycles. The van der Waals surface area contributed by atoms with E-state index in [1.165, 1.54) is 55.6 Å². The minimum absolute atomic E-state index is 0.119. The molecular formula is C40H55IN2O7S2. The molecular weight excluding hydrogens is 811 g/mol. The molecule has 2 aromatic carbocycles. The van der Waals surface area contributed by atoms with E-state index >= 15 is 0 Å². The molecule has 10 atom stereocenters. The lowest BCUT2D eigenvalue weighted by atomic mass is 9.78. The van der Waals surface area contributed by atoms with Gasteiger partial charge in [-0.1, -0.05) is 55.9 Å². The lowest BCUT2D eigenvalue weighted by Gasteiger charge is -2.42. The van der Waals surface area contributed by atoms with Crippen molar-refractivity contribution in [1.82, 2.24) is 10.2 Å². The number of rotatable bonds is 6. The van der Waals surface area contributed by atoms with E-state index < -0.39 is 57.5 Å². The standard InChI is InChI=1S/C40H55IN2O7S2/c1-22-13-14-29-32(17-22)52-31-12-9-8-11-28(31)30-18-27(51-34(29)30)20-42-15-10-16-43-21-23(2)19-39(6,48)35(45)24(3)33(44)25(4)37(47)50-38(41)40(7,49)36(46)26(43)5/h8-9,11-14,17-18,23-26,33,35-36,38,42,44-46,48-49H,10,15-16,19-21H2,1-7H3/t23-,24+,25-,26-,33+,35-,36-,38+,39-,40+/m1/s1. The van der Waals surface area contributed by atoms with E-state index in [-0.39, 0.29) is 12.3 Å². The van der Waals surface area contributed by atoms with Crippen LogP contribution in [0.1, 0.15) is 64.8 Å². The number of nitrogens with zero attached hydrogens (tertiary/aromatic N) is 1. The Balaban J connectivity index is 1.30. The fraction of sp³-hybridized carbons (Fsp3) is 0.575. The molecule has 3 aromatic rings. The quantitative estimate of drug-likeness (QED) is 0.0573. The van der Waals surface area contributed by atoms with Gasteiger partial charge in [-0.3, -0.25) is 9.69 Å². The maximum absolute atomic E-state index is 13.0. The number of carbonyl (C=O) groups is 1. The third-order valence-electron chi connectivity index (χ3n) is 10.8. The third kappa shape index (κ3) is 9.09. The number of nitrogens with one attached hydrogen (secondary N) is 1. The topological polar surface area (TPSA) is 143 Å². The first-order valence-electron chi connectivity index (χ1n) is 18.2. The Morgan fingerprint density at radius 3 is 2.40 bits per heavy atom. The van der Waals surface area contributed by atoms with Crippen LogP contribution >= 0.6 is 45.7 Å². The number of ether oxygens (including phenoxy) is 1. The summed E-state index contributed by atoms with van der Waals surface area (Å²) in [4.78, 5) is 20.2. The van der Waals surface area contributed by atoms with Gasteiger partial charge in [-0.25, -0.2) is 0 Å². The Kier molecular flexibility index (Phi) is 13.6. The van der Waals surface area contributed by atoms with Crippen molar-refractivity contribution in [3.05, 3.63) is 59.0 Å². The Hall–Kier alpha value is -1.59. The first kappa shape index (κ1) is 41.6. The summed E-state index contributed by atoms with van der Waals surface area (Å²) < 4.78 is 4.47.